The van der Waals surface area contributed by atoms with Crippen molar-refractivity contribution in [2.24, 2.45) is 0 Å². The van der Waals surface area contributed by atoms with Gasteiger partial charge in [-0.25, -0.2) is 4.79 Å². The van der Waals surface area contributed by atoms with Crippen LogP contribution in [0.3, 0.4) is 0 Å². The quantitative estimate of drug-likeness (QED) is 0.525. The molecule has 0 aromatic rings. The van der Waals surface area contributed by atoms with Crippen LogP contribution in [-0.4, -0.2) is 42.0 Å². The van der Waals surface area contributed by atoms with Gasteiger partial charge in [-0.3, -0.25) is 14.5 Å². The van der Waals surface area contributed by atoms with Crippen molar-refractivity contribution in [3.8, 4) is 0 Å². The molecule has 6 heteroatoms. The molecule has 1 N–H and O–H groups in total. The topological polar surface area (TPSA) is 75.7 Å². The Kier molecular flexibility index (Phi) is 2.97. The van der Waals surface area contributed by atoms with Crippen LogP contribution >= 0.6 is 0 Å². The van der Waals surface area contributed by atoms with Gasteiger partial charge < -0.3 is 10.1 Å². The van der Waals surface area contributed by atoms with Gasteiger partial charge in [0.25, 0.3) is 5.91 Å². The van der Waals surface area contributed by atoms with Crippen molar-refractivity contribution in [3.05, 3.63) is 0 Å². The highest BCUT2D eigenvalue weighted by Crippen LogP contribution is 2.20. The van der Waals surface area contributed by atoms with Crippen LogP contribution in [0.1, 0.15) is 20.3 Å². The van der Waals surface area contributed by atoms with E-state index in [1.807, 2.05) is 0 Å². The van der Waals surface area contributed by atoms with Gasteiger partial charge in [0.1, 0.15) is 5.54 Å². The van der Waals surface area contributed by atoms with Gasteiger partial charge in [0.2, 0.25) is 0 Å². The van der Waals surface area contributed by atoms with Gasteiger partial charge in [-0.15, -0.1) is 0 Å². The molecule has 1 rings (SSSR count). The smallest absolute Gasteiger partial charge is 0.324 e. The fourth-order valence-corrected chi connectivity index (χ4v) is 1.46. The molecule has 1 heterocycles. The average molecular weight is 214 g/mol. The van der Waals surface area contributed by atoms with E-state index in [2.05, 4.69) is 5.32 Å². The Balaban J connectivity index is 2.72. The van der Waals surface area contributed by atoms with E-state index < -0.39 is 23.4 Å². The lowest BCUT2D eigenvalue weighted by atomic mass is 9.98. The van der Waals surface area contributed by atoms with Crippen LogP contribution in [-0.2, 0) is 14.3 Å². The van der Waals surface area contributed by atoms with Crippen molar-refractivity contribution in [3.63, 3.8) is 0 Å². The lowest BCUT2D eigenvalue weighted by Crippen LogP contribution is -2.45. The number of imide groups is 1. The summed E-state index contributed by atoms with van der Waals surface area (Å²) in [6.07, 6.45) is -0.143. The van der Waals surface area contributed by atoms with Gasteiger partial charge in [-0.05, 0) is 13.8 Å². The molecule has 1 atom stereocenters. The Hall–Kier alpha value is -1.59. The van der Waals surface area contributed by atoms with Gasteiger partial charge >= 0.3 is 12.0 Å². The van der Waals surface area contributed by atoms with Crippen molar-refractivity contribution >= 4 is 17.9 Å². The number of likely N-dealkylation sites (N-methyl/N-ethyl adjacent to an activating group) is 1. The van der Waals surface area contributed by atoms with Gasteiger partial charge in [0.05, 0.1) is 13.0 Å². The molecule has 0 saturated carbocycles. The molecule has 1 fully saturated rings. The summed E-state index contributed by atoms with van der Waals surface area (Å²) in [5.41, 5.74) is -1.17. The molecular weight excluding hydrogens is 200 g/mol. The minimum absolute atomic E-state index is 0.143. The summed E-state index contributed by atoms with van der Waals surface area (Å²) < 4.78 is 4.73. The lowest BCUT2D eigenvalue weighted by molar-refractivity contribution is -0.147. The number of carbonyl (C=O) groups excluding carboxylic acids is 3. The number of ether oxygens (including phenoxy) is 1. The molecule has 15 heavy (non-hydrogen) atoms. The maximum atomic E-state index is 11.6. The summed E-state index contributed by atoms with van der Waals surface area (Å²) in [4.78, 5) is 35.0. The predicted octanol–water partition coefficient (Wildman–Crippen LogP) is -0.120. The number of amides is 3. The monoisotopic (exact) mass is 214 g/mol. The van der Waals surface area contributed by atoms with Crippen molar-refractivity contribution in [2.75, 3.05) is 13.7 Å². The van der Waals surface area contributed by atoms with Crippen LogP contribution in [0.25, 0.3) is 0 Å². The summed E-state index contributed by atoms with van der Waals surface area (Å²) in [7, 11) is 1.37. The van der Waals surface area contributed by atoms with Gasteiger partial charge in [-0.1, -0.05) is 0 Å². The molecule has 0 spiro atoms. The second-order valence-electron chi connectivity index (χ2n) is 3.61. The van der Waals surface area contributed by atoms with Gasteiger partial charge in [0, 0.05) is 7.05 Å². The van der Waals surface area contributed by atoms with E-state index in [1.54, 1.807) is 6.92 Å². The zero-order chi connectivity index (χ0) is 11.6. The Morgan fingerprint density at radius 3 is 2.53 bits per heavy atom. The first-order valence-electron chi connectivity index (χ1n) is 4.66. The number of urea groups is 1. The van der Waals surface area contributed by atoms with Crippen LogP contribution in [0, 0.1) is 0 Å². The SMILES string of the molecule is CCOC(=O)CC1(C)NC(=O)N(C)C1=O. The zero-order valence-electron chi connectivity index (χ0n) is 8.99. The third kappa shape index (κ3) is 2.08. The molecule has 3 amide bonds. The molecule has 0 aromatic carbocycles. The Morgan fingerprint density at radius 1 is 1.53 bits per heavy atom. The standard InChI is InChI=1S/C9H14N2O4/c1-4-15-6(12)5-9(2)7(13)11(3)8(14)10-9/h4-5H2,1-3H3,(H,10,14). The van der Waals surface area contributed by atoms with E-state index in [0.29, 0.717) is 0 Å². The first kappa shape index (κ1) is 11.5. The molecule has 84 valence electrons. The molecule has 0 radical (unpaired) electrons. The molecular formula is C9H14N2O4. The Morgan fingerprint density at radius 2 is 2.13 bits per heavy atom. The van der Waals surface area contributed by atoms with E-state index in [9.17, 15) is 14.4 Å². The number of nitrogens with zero attached hydrogens (tertiary/aromatic N) is 1. The van der Waals surface area contributed by atoms with Gasteiger partial charge in [0.15, 0.2) is 0 Å². The lowest BCUT2D eigenvalue weighted by Gasteiger charge is -2.19. The molecule has 6 nitrogen and oxygen atoms in total. The minimum Gasteiger partial charge on any atom is -0.466 e. The highest BCUT2D eigenvalue weighted by molar-refractivity contribution is 6.07. The fourth-order valence-electron chi connectivity index (χ4n) is 1.46. The van der Waals surface area contributed by atoms with Crippen LogP contribution in [0.15, 0.2) is 0 Å². The van der Waals surface area contributed by atoms with Crippen molar-refractivity contribution in [1.29, 1.82) is 0 Å². The zero-order valence-corrected chi connectivity index (χ0v) is 8.99. The number of hydrogen-bond acceptors (Lipinski definition) is 4. The van der Waals surface area contributed by atoms with Gasteiger partial charge in [-0.2, -0.15) is 0 Å². The molecule has 1 unspecified atom stereocenters. The normalized spacial score (nSPS) is 25.4. The van der Waals surface area contributed by atoms with Crippen LogP contribution in [0.2, 0.25) is 0 Å². The Labute approximate surface area is 87.6 Å². The number of carbonyl (C=O) groups is 3. The maximum absolute atomic E-state index is 11.6. The first-order valence-corrected chi connectivity index (χ1v) is 4.66. The van der Waals surface area contributed by atoms with E-state index in [0.717, 1.165) is 4.90 Å². The third-order valence-corrected chi connectivity index (χ3v) is 2.27. The number of rotatable bonds is 3. The van der Waals surface area contributed by atoms with E-state index in [1.165, 1.54) is 14.0 Å². The second-order valence-corrected chi connectivity index (χ2v) is 3.61. The summed E-state index contributed by atoms with van der Waals surface area (Å²) in [6.45, 7) is 3.45. The maximum Gasteiger partial charge on any atom is 0.324 e. The van der Waals surface area contributed by atoms with E-state index in [-0.39, 0.29) is 13.0 Å². The second kappa shape index (κ2) is 3.88. The molecule has 0 bridgehead atoms. The van der Waals surface area contributed by atoms with Crippen LogP contribution < -0.4 is 5.32 Å². The highest BCUT2D eigenvalue weighted by Gasteiger charge is 2.47. The van der Waals surface area contributed by atoms with Crippen molar-refractivity contribution < 1.29 is 19.1 Å². The molecule has 1 saturated heterocycles. The molecule has 0 aromatic heterocycles. The molecule has 0 aliphatic carbocycles. The Bertz CT molecular complexity index is 315. The summed E-state index contributed by atoms with van der Waals surface area (Å²) in [5.74, 6) is -0.912. The fraction of sp³-hybridized carbons (Fsp3) is 0.667. The average Bonchev–Trinajstić information content (AvgIpc) is 2.31. The molecule has 1 aliphatic heterocycles. The van der Waals surface area contributed by atoms with Crippen LogP contribution in [0.5, 0.6) is 0 Å². The largest absolute Gasteiger partial charge is 0.466 e. The van der Waals surface area contributed by atoms with Crippen molar-refractivity contribution in [2.45, 2.75) is 25.8 Å². The van der Waals surface area contributed by atoms with Crippen molar-refractivity contribution in [1.82, 2.24) is 10.2 Å². The van der Waals surface area contributed by atoms with Crippen LogP contribution in [0.4, 0.5) is 4.79 Å². The number of nitrogens with one attached hydrogen (secondary N) is 1. The highest BCUT2D eigenvalue weighted by atomic mass is 16.5. The minimum atomic E-state index is -1.17. The summed E-state index contributed by atoms with van der Waals surface area (Å²) >= 11 is 0. The first-order chi connectivity index (χ1) is 6.90. The number of esters is 1. The summed E-state index contributed by atoms with van der Waals surface area (Å²) in [5, 5.41) is 2.46. The predicted molar refractivity (Wildman–Crippen MR) is 51.0 cm³/mol. The van der Waals surface area contributed by atoms with E-state index >= 15 is 0 Å². The number of hydrogen-bond donors (Lipinski definition) is 1. The molecule has 1 aliphatic rings. The summed E-state index contributed by atoms with van der Waals surface area (Å²) in [6, 6.07) is -0.494. The third-order valence-electron chi connectivity index (χ3n) is 2.27. The van der Waals surface area contributed by atoms with E-state index in [4.69, 9.17) is 4.74 Å².